The van der Waals surface area contributed by atoms with Gasteiger partial charge < -0.3 is 5.11 Å². The number of pyridine rings is 1. The molecule has 72 valence electrons. The van der Waals surface area contributed by atoms with Crippen LogP contribution < -0.4 is 0 Å². The Morgan fingerprint density at radius 3 is 2.46 bits per heavy atom. The van der Waals surface area contributed by atoms with Crippen LogP contribution in [-0.4, -0.2) is 10.1 Å². The zero-order valence-corrected chi connectivity index (χ0v) is 6.84. The number of nitrogens with zero attached hydrogens (tertiary/aromatic N) is 1. The summed E-state index contributed by atoms with van der Waals surface area (Å²) in [5.74, 6) is 0. The Morgan fingerprint density at radius 2 is 2.08 bits per heavy atom. The van der Waals surface area contributed by atoms with Crippen molar-refractivity contribution in [2.75, 3.05) is 0 Å². The number of hydrogen-bond acceptors (Lipinski definition) is 2. The molecule has 0 bridgehead atoms. The van der Waals surface area contributed by atoms with E-state index in [0.29, 0.717) is 0 Å². The van der Waals surface area contributed by atoms with Gasteiger partial charge in [-0.1, -0.05) is 0 Å². The first kappa shape index (κ1) is 9.98. The van der Waals surface area contributed by atoms with E-state index in [1.807, 2.05) is 0 Å². The maximum Gasteiger partial charge on any atom is 0.416 e. The van der Waals surface area contributed by atoms with Crippen molar-refractivity contribution in [2.45, 2.75) is 19.2 Å². The van der Waals surface area contributed by atoms with Gasteiger partial charge in [0, 0.05) is 18.0 Å². The molecule has 0 aliphatic carbocycles. The second-order valence-electron chi connectivity index (χ2n) is 2.64. The first-order valence-electron chi connectivity index (χ1n) is 3.62. The zero-order chi connectivity index (χ0) is 10.1. The summed E-state index contributed by atoms with van der Waals surface area (Å²) in [4.78, 5) is 3.52. The summed E-state index contributed by atoms with van der Waals surface area (Å²) in [6, 6.07) is 0.849. The summed E-state index contributed by atoms with van der Waals surface area (Å²) in [5.41, 5.74) is -1.03. The highest BCUT2D eigenvalue weighted by molar-refractivity contribution is 5.27. The second kappa shape index (κ2) is 3.33. The van der Waals surface area contributed by atoms with Gasteiger partial charge in [-0.3, -0.25) is 4.98 Å². The fraction of sp³-hybridized carbons (Fsp3) is 0.375. The fourth-order valence-corrected chi connectivity index (χ4v) is 0.998. The molecule has 1 rings (SSSR count). The molecule has 1 aromatic rings. The Morgan fingerprint density at radius 1 is 1.46 bits per heavy atom. The van der Waals surface area contributed by atoms with Crippen LogP contribution in [0.3, 0.4) is 0 Å². The van der Waals surface area contributed by atoms with Crippen LogP contribution in [0.15, 0.2) is 18.5 Å². The smallest absolute Gasteiger partial charge is 0.389 e. The predicted octanol–water partition coefficient (Wildman–Crippen LogP) is 2.15. The molecule has 0 aliphatic rings. The van der Waals surface area contributed by atoms with Gasteiger partial charge >= 0.3 is 6.18 Å². The quantitative estimate of drug-likeness (QED) is 0.737. The Balaban J connectivity index is 3.20. The molecule has 0 amide bonds. The number of aliphatic hydroxyl groups excluding tert-OH is 1. The lowest BCUT2D eigenvalue weighted by atomic mass is 10.1. The normalized spacial score (nSPS) is 14.2. The van der Waals surface area contributed by atoms with Crippen molar-refractivity contribution < 1.29 is 18.3 Å². The minimum Gasteiger partial charge on any atom is -0.389 e. The van der Waals surface area contributed by atoms with Gasteiger partial charge in [-0.15, -0.1) is 0 Å². The molecule has 0 saturated carbocycles. The van der Waals surface area contributed by atoms with E-state index in [1.165, 1.54) is 6.92 Å². The first-order valence-corrected chi connectivity index (χ1v) is 3.62. The summed E-state index contributed by atoms with van der Waals surface area (Å²) in [6.07, 6.45) is -3.53. The van der Waals surface area contributed by atoms with Crippen LogP contribution in [-0.2, 0) is 6.18 Å². The third-order valence-corrected chi connectivity index (χ3v) is 1.61. The Bertz CT molecular complexity index is 296. The molecular weight excluding hydrogens is 183 g/mol. The number of aliphatic hydroxyl groups is 1. The number of hydrogen-bond donors (Lipinski definition) is 1. The van der Waals surface area contributed by atoms with E-state index >= 15 is 0 Å². The van der Waals surface area contributed by atoms with E-state index in [0.717, 1.165) is 18.5 Å². The molecule has 0 aliphatic heterocycles. The monoisotopic (exact) mass is 191 g/mol. The average molecular weight is 191 g/mol. The molecule has 1 N–H and O–H groups in total. The van der Waals surface area contributed by atoms with Crippen LogP contribution in [0.1, 0.15) is 24.2 Å². The molecule has 0 radical (unpaired) electrons. The summed E-state index contributed by atoms with van der Waals surface area (Å²) in [7, 11) is 0. The van der Waals surface area contributed by atoms with Crippen molar-refractivity contribution in [3.63, 3.8) is 0 Å². The van der Waals surface area contributed by atoms with Crippen molar-refractivity contribution in [3.05, 3.63) is 29.6 Å². The van der Waals surface area contributed by atoms with Crippen molar-refractivity contribution in [3.8, 4) is 0 Å². The third-order valence-electron chi connectivity index (χ3n) is 1.61. The van der Waals surface area contributed by atoms with Crippen LogP contribution in [0, 0.1) is 0 Å². The van der Waals surface area contributed by atoms with Crippen LogP contribution in [0.2, 0.25) is 0 Å². The standard InChI is InChI=1S/C8H8F3NO/c1-5(13)6-4-12-3-2-7(6)8(9,10)11/h2-5,13H,1H3/t5-/m1/s1. The van der Waals surface area contributed by atoms with Gasteiger partial charge in [-0.05, 0) is 13.0 Å². The molecule has 0 unspecified atom stereocenters. The van der Waals surface area contributed by atoms with Crippen molar-refractivity contribution in [2.24, 2.45) is 0 Å². The van der Waals surface area contributed by atoms with Gasteiger partial charge in [0.2, 0.25) is 0 Å². The Hall–Kier alpha value is -1.10. The SMILES string of the molecule is C[C@@H](O)c1cnccc1C(F)(F)F. The van der Waals surface area contributed by atoms with E-state index in [4.69, 9.17) is 5.11 Å². The topological polar surface area (TPSA) is 33.1 Å². The molecule has 2 nitrogen and oxygen atoms in total. The average Bonchev–Trinajstić information content (AvgIpc) is 2.03. The Labute approximate surface area is 73.0 Å². The third kappa shape index (κ3) is 2.18. The first-order chi connectivity index (χ1) is 5.93. The minimum atomic E-state index is -4.44. The summed E-state index contributed by atoms with van der Waals surface area (Å²) < 4.78 is 36.8. The van der Waals surface area contributed by atoms with E-state index in [2.05, 4.69) is 4.98 Å². The highest BCUT2D eigenvalue weighted by Crippen LogP contribution is 2.33. The molecule has 1 heterocycles. The Kier molecular flexibility index (Phi) is 2.56. The van der Waals surface area contributed by atoms with E-state index < -0.39 is 17.8 Å². The van der Waals surface area contributed by atoms with Gasteiger partial charge in [0.1, 0.15) is 0 Å². The molecule has 0 aromatic carbocycles. The maximum atomic E-state index is 12.3. The largest absolute Gasteiger partial charge is 0.416 e. The number of halogens is 3. The lowest BCUT2D eigenvalue weighted by Gasteiger charge is -2.13. The highest BCUT2D eigenvalue weighted by atomic mass is 19.4. The molecule has 13 heavy (non-hydrogen) atoms. The van der Waals surface area contributed by atoms with Crippen molar-refractivity contribution >= 4 is 0 Å². The molecule has 0 saturated heterocycles. The molecule has 1 aromatic heterocycles. The van der Waals surface area contributed by atoms with Gasteiger partial charge in [0.05, 0.1) is 11.7 Å². The van der Waals surface area contributed by atoms with Crippen molar-refractivity contribution in [1.29, 1.82) is 0 Å². The number of aromatic nitrogens is 1. The molecule has 1 atom stereocenters. The van der Waals surface area contributed by atoms with Crippen molar-refractivity contribution in [1.82, 2.24) is 4.98 Å². The van der Waals surface area contributed by atoms with Crippen LogP contribution >= 0.6 is 0 Å². The van der Waals surface area contributed by atoms with Crippen LogP contribution in [0.5, 0.6) is 0 Å². The van der Waals surface area contributed by atoms with Gasteiger partial charge in [0.25, 0.3) is 0 Å². The summed E-state index contributed by atoms with van der Waals surface area (Å²) >= 11 is 0. The van der Waals surface area contributed by atoms with E-state index in [-0.39, 0.29) is 5.56 Å². The minimum absolute atomic E-state index is 0.199. The number of alkyl halides is 3. The van der Waals surface area contributed by atoms with Crippen LogP contribution in [0.4, 0.5) is 13.2 Å². The van der Waals surface area contributed by atoms with Gasteiger partial charge in [-0.25, -0.2) is 0 Å². The molecule has 0 spiro atoms. The number of rotatable bonds is 1. The lowest BCUT2D eigenvalue weighted by Crippen LogP contribution is -2.11. The molecule has 5 heteroatoms. The zero-order valence-electron chi connectivity index (χ0n) is 6.84. The van der Waals surface area contributed by atoms with Crippen LogP contribution in [0.25, 0.3) is 0 Å². The fourth-order valence-electron chi connectivity index (χ4n) is 0.998. The van der Waals surface area contributed by atoms with E-state index in [9.17, 15) is 13.2 Å². The molecular formula is C8H8F3NO. The summed E-state index contributed by atoms with van der Waals surface area (Å²) in [5, 5.41) is 9.03. The maximum absolute atomic E-state index is 12.3. The predicted molar refractivity (Wildman–Crippen MR) is 39.9 cm³/mol. The van der Waals surface area contributed by atoms with E-state index in [1.54, 1.807) is 0 Å². The highest BCUT2D eigenvalue weighted by Gasteiger charge is 2.34. The second-order valence-corrected chi connectivity index (χ2v) is 2.64. The summed E-state index contributed by atoms with van der Waals surface area (Å²) in [6.45, 7) is 1.27. The lowest BCUT2D eigenvalue weighted by molar-refractivity contribution is -0.139. The molecule has 0 fully saturated rings. The van der Waals surface area contributed by atoms with Gasteiger partial charge in [0.15, 0.2) is 0 Å². The van der Waals surface area contributed by atoms with Gasteiger partial charge in [-0.2, -0.15) is 13.2 Å².